The average Bonchev–Trinajstić information content (AvgIpc) is 2.55. The van der Waals surface area contributed by atoms with Gasteiger partial charge in [-0.3, -0.25) is 0 Å². The van der Waals surface area contributed by atoms with Crippen LogP contribution >= 0.6 is 15.9 Å². The Morgan fingerprint density at radius 1 is 1.00 bits per heavy atom. The van der Waals surface area contributed by atoms with E-state index in [-0.39, 0.29) is 10.9 Å². The van der Waals surface area contributed by atoms with E-state index in [4.69, 9.17) is 14.2 Å². The molecule has 2 aromatic rings. The van der Waals surface area contributed by atoms with Crippen LogP contribution in [0.1, 0.15) is 17.2 Å². The van der Waals surface area contributed by atoms with Crippen molar-refractivity contribution in [2.45, 2.75) is 16.7 Å². The molecule has 3 atom stereocenters. The highest BCUT2D eigenvalue weighted by Gasteiger charge is 2.51. The van der Waals surface area contributed by atoms with Crippen molar-refractivity contribution in [3.63, 3.8) is 0 Å². The Morgan fingerprint density at radius 3 is 2.33 bits per heavy atom. The van der Waals surface area contributed by atoms with E-state index < -0.39 is 5.79 Å². The van der Waals surface area contributed by atoms with E-state index >= 15 is 0 Å². The van der Waals surface area contributed by atoms with E-state index in [9.17, 15) is 0 Å². The molecule has 0 spiro atoms. The van der Waals surface area contributed by atoms with Crippen LogP contribution in [0.3, 0.4) is 0 Å². The first kappa shape index (κ1) is 14.6. The second-order valence-corrected chi connectivity index (χ2v) is 5.92. The van der Waals surface area contributed by atoms with Crippen LogP contribution in [0.15, 0.2) is 54.6 Å². The summed E-state index contributed by atoms with van der Waals surface area (Å²) in [6, 6.07) is 17.8. The first-order valence-electron chi connectivity index (χ1n) is 6.78. The van der Waals surface area contributed by atoms with Crippen LogP contribution in [-0.2, 0) is 15.3 Å². The van der Waals surface area contributed by atoms with Gasteiger partial charge in [-0.05, 0) is 6.07 Å². The van der Waals surface area contributed by atoms with E-state index in [1.54, 1.807) is 14.2 Å². The monoisotopic (exact) mass is 348 g/mol. The summed E-state index contributed by atoms with van der Waals surface area (Å²) >= 11 is 3.73. The first-order chi connectivity index (χ1) is 10.2. The lowest BCUT2D eigenvalue weighted by Gasteiger charge is -2.44. The van der Waals surface area contributed by atoms with Crippen LogP contribution in [0.2, 0.25) is 0 Å². The third-order valence-corrected chi connectivity index (χ3v) is 4.93. The summed E-state index contributed by atoms with van der Waals surface area (Å²) in [5, 5.41) is 0. The SMILES string of the molecule is CO[C@H]1c2ccccc2O[C@@](OC)(c2ccccc2)[C@H]1Br. The number of halogens is 1. The summed E-state index contributed by atoms with van der Waals surface area (Å²) in [6.07, 6.45) is -0.157. The molecule has 2 aromatic carbocycles. The summed E-state index contributed by atoms with van der Waals surface area (Å²) in [5.74, 6) is -0.137. The number of hydrogen-bond donors (Lipinski definition) is 0. The van der Waals surface area contributed by atoms with Crippen molar-refractivity contribution in [1.29, 1.82) is 0 Å². The van der Waals surface area contributed by atoms with Gasteiger partial charge in [0, 0.05) is 25.3 Å². The predicted molar refractivity (Wildman–Crippen MR) is 84.7 cm³/mol. The molecule has 1 heterocycles. The van der Waals surface area contributed by atoms with Gasteiger partial charge < -0.3 is 14.2 Å². The van der Waals surface area contributed by atoms with Gasteiger partial charge >= 0.3 is 0 Å². The molecule has 1 aliphatic rings. The van der Waals surface area contributed by atoms with Gasteiger partial charge in [-0.15, -0.1) is 0 Å². The van der Waals surface area contributed by atoms with Crippen LogP contribution in [-0.4, -0.2) is 19.0 Å². The Bertz CT molecular complexity index is 616. The van der Waals surface area contributed by atoms with Crippen LogP contribution in [0.25, 0.3) is 0 Å². The lowest BCUT2D eigenvalue weighted by atomic mass is 9.91. The molecule has 3 nitrogen and oxygen atoms in total. The molecule has 21 heavy (non-hydrogen) atoms. The van der Waals surface area contributed by atoms with Gasteiger partial charge in [0.05, 0.1) is 0 Å². The quantitative estimate of drug-likeness (QED) is 0.783. The summed E-state index contributed by atoms with van der Waals surface area (Å²) < 4.78 is 17.8. The van der Waals surface area contributed by atoms with Gasteiger partial charge in [0.1, 0.15) is 16.7 Å². The van der Waals surface area contributed by atoms with Crippen LogP contribution in [0.4, 0.5) is 0 Å². The Kier molecular flexibility index (Phi) is 4.02. The zero-order valence-electron chi connectivity index (χ0n) is 12.0. The van der Waals surface area contributed by atoms with Crippen molar-refractivity contribution < 1.29 is 14.2 Å². The number of methoxy groups -OCH3 is 2. The van der Waals surface area contributed by atoms with Gasteiger partial charge in [0.25, 0.3) is 5.79 Å². The average molecular weight is 349 g/mol. The van der Waals surface area contributed by atoms with Crippen LogP contribution in [0, 0.1) is 0 Å². The number of fused-ring (bicyclic) bond motifs is 1. The normalized spacial score (nSPS) is 27.8. The van der Waals surface area contributed by atoms with Gasteiger partial charge in [0.15, 0.2) is 0 Å². The molecule has 0 aromatic heterocycles. The fourth-order valence-electron chi connectivity index (χ4n) is 2.79. The van der Waals surface area contributed by atoms with Crippen LogP contribution < -0.4 is 4.74 Å². The van der Waals surface area contributed by atoms with Gasteiger partial charge in [-0.2, -0.15) is 0 Å². The Hall–Kier alpha value is -1.36. The second-order valence-electron chi connectivity index (χ2n) is 4.94. The van der Waals surface area contributed by atoms with E-state index in [1.807, 2.05) is 54.6 Å². The van der Waals surface area contributed by atoms with Gasteiger partial charge in [-0.1, -0.05) is 64.5 Å². The smallest absolute Gasteiger partial charge is 0.252 e. The molecular weight excluding hydrogens is 332 g/mol. The number of alkyl halides is 1. The van der Waals surface area contributed by atoms with E-state index in [0.29, 0.717) is 0 Å². The topological polar surface area (TPSA) is 27.7 Å². The lowest BCUT2D eigenvalue weighted by Crippen LogP contribution is -2.49. The Morgan fingerprint density at radius 2 is 1.67 bits per heavy atom. The maximum absolute atomic E-state index is 6.25. The molecule has 0 saturated heterocycles. The first-order valence-corrected chi connectivity index (χ1v) is 7.70. The number of hydrogen-bond acceptors (Lipinski definition) is 3. The lowest BCUT2D eigenvalue weighted by molar-refractivity contribution is -0.198. The molecule has 1 aliphatic heterocycles. The summed E-state index contributed by atoms with van der Waals surface area (Å²) in [4.78, 5) is -0.169. The van der Waals surface area contributed by atoms with Gasteiger partial charge in [-0.25, -0.2) is 0 Å². The van der Waals surface area contributed by atoms with E-state index in [2.05, 4.69) is 15.9 Å². The predicted octanol–water partition coefficient (Wildman–Crippen LogP) is 4.03. The minimum absolute atomic E-state index is 0.157. The number of para-hydroxylation sites is 1. The highest BCUT2D eigenvalue weighted by molar-refractivity contribution is 9.09. The Balaban J connectivity index is 2.15. The molecule has 0 aliphatic carbocycles. The number of benzene rings is 2. The minimum atomic E-state index is -0.920. The molecule has 0 amide bonds. The molecule has 110 valence electrons. The maximum Gasteiger partial charge on any atom is 0.252 e. The number of rotatable bonds is 3. The Labute approximate surface area is 133 Å². The van der Waals surface area contributed by atoms with Crippen molar-refractivity contribution >= 4 is 15.9 Å². The minimum Gasteiger partial charge on any atom is -0.456 e. The molecule has 0 fully saturated rings. The molecular formula is C17H17BrO3. The highest BCUT2D eigenvalue weighted by atomic mass is 79.9. The summed E-state index contributed by atoms with van der Waals surface area (Å²) in [7, 11) is 3.36. The summed E-state index contributed by atoms with van der Waals surface area (Å²) in [5.41, 5.74) is 1.97. The highest BCUT2D eigenvalue weighted by Crippen LogP contribution is 2.49. The third kappa shape index (κ3) is 2.27. The molecule has 0 N–H and O–H groups in total. The van der Waals surface area contributed by atoms with Crippen LogP contribution in [0.5, 0.6) is 5.75 Å². The molecule has 0 bridgehead atoms. The van der Waals surface area contributed by atoms with E-state index in [1.165, 1.54) is 0 Å². The largest absolute Gasteiger partial charge is 0.456 e. The summed E-state index contributed by atoms with van der Waals surface area (Å²) in [6.45, 7) is 0. The van der Waals surface area contributed by atoms with Crippen molar-refractivity contribution in [3.8, 4) is 5.75 Å². The van der Waals surface area contributed by atoms with Crippen molar-refractivity contribution in [1.82, 2.24) is 0 Å². The van der Waals surface area contributed by atoms with Gasteiger partial charge in [0.2, 0.25) is 0 Å². The fourth-order valence-corrected chi connectivity index (χ4v) is 3.84. The standard InChI is InChI=1S/C17H17BrO3/c1-19-15-13-10-6-7-11-14(13)21-17(20-2,16(15)18)12-8-4-3-5-9-12/h3-11,15-16H,1-2H3/t15-,16-,17-/m0/s1. The zero-order chi connectivity index (χ0) is 14.9. The third-order valence-electron chi connectivity index (χ3n) is 3.85. The van der Waals surface area contributed by atoms with Crippen molar-refractivity contribution in [3.05, 3.63) is 65.7 Å². The second kappa shape index (κ2) is 5.79. The molecule has 3 rings (SSSR count). The molecule has 0 radical (unpaired) electrons. The maximum atomic E-state index is 6.25. The van der Waals surface area contributed by atoms with Crippen molar-refractivity contribution in [2.24, 2.45) is 0 Å². The molecule has 0 saturated carbocycles. The molecule has 0 unspecified atom stereocenters. The van der Waals surface area contributed by atoms with Crippen molar-refractivity contribution in [2.75, 3.05) is 14.2 Å². The zero-order valence-corrected chi connectivity index (χ0v) is 13.5. The fraction of sp³-hybridized carbons (Fsp3) is 0.294. The molecule has 4 heteroatoms. The number of ether oxygens (including phenoxy) is 3. The van der Waals surface area contributed by atoms with E-state index in [0.717, 1.165) is 16.9 Å².